The van der Waals surface area contributed by atoms with E-state index in [4.69, 9.17) is 5.11 Å². The van der Waals surface area contributed by atoms with Gasteiger partial charge in [-0.25, -0.2) is 4.79 Å². The Morgan fingerprint density at radius 2 is 1.79 bits per heavy atom. The molecule has 3 nitrogen and oxygen atoms in total. The number of aliphatic carboxylic acids is 1. The van der Waals surface area contributed by atoms with Gasteiger partial charge in [-0.05, 0) is 115 Å². The second-order valence-corrected chi connectivity index (χ2v) is 10.7. The summed E-state index contributed by atoms with van der Waals surface area (Å²) < 4.78 is 0. The SMILES string of the molecule is CC1(C)CCC(NCC2CC2)c2c(C3CC3)cc(C#Cc3ccc(C=CC(=O)O)cc3)cc21. The van der Waals surface area contributed by atoms with Gasteiger partial charge in [0.1, 0.15) is 0 Å². The summed E-state index contributed by atoms with van der Waals surface area (Å²) in [5.74, 6) is 7.41. The summed E-state index contributed by atoms with van der Waals surface area (Å²) >= 11 is 0. The van der Waals surface area contributed by atoms with Crippen molar-refractivity contribution in [2.75, 3.05) is 6.54 Å². The molecule has 0 spiro atoms. The normalized spacial score (nSPS) is 21.3. The first-order chi connectivity index (χ1) is 15.9. The van der Waals surface area contributed by atoms with Crippen LogP contribution in [0, 0.1) is 17.8 Å². The van der Waals surface area contributed by atoms with Crippen LogP contribution in [0.3, 0.4) is 0 Å². The average Bonchev–Trinajstić information content (AvgIpc) is 3.70. The first-order valence-corrected chi connectivity index (χ1v) is 12.3. The van der Waals surface area contributed by atoms with E-state index in [9.17, 15) is 4.79 Å². The fourth-order valence-electron chi connectivity index (χ4n) is 5.04. The van der Waals surface area contributed by atoms with Gasteiger partial charge in [0, 0.05) is 23.2 Å². The zero-order chi connectivity index (χ0) is 23.0. The van der Waals surface area contributed by atoms with Gasteiger partial charge in [-0.3, -0.25) is 0 Å². The highest BCUT2D eigenvalue weighted by Gasteiger charge is 2.38. The third-order valence-corrected chi connectivity index (χ3v) is 7.39. The van der Waals surface area contributed by atoms with Gasteiger partial charge < -0.3 is 10.4 Å². The molecule has 2 aromatic rings. The van der Waals surface area contributed by atoms with Crippen LogP contribution >= 0.6 is 0 Å². The molecule has 3 aliphatic carbocycles. The number of carbonyl (C=O) groups is 1. The Labute approximate surface area is 197 Å². The zero-order valence-corrected chi connectivity index (χ0v) is 19.7. The highest BCUT2D eigenvalue weighted by Crippen LogP contribution is 2.50. The quantitative estimate of drug-likeness (QED) is 0.418. The topological polar surface area (TPSA) is 49.3 Å². The summed E-state index contributed by atoms with van der Waals surface area (Å²) in [4.78, 5) is 10.7. The number of fused-ring (bicyclic) bond motifs is 1. The molecule has 2 fully saturated rings. The van der Waals surface area contributed by atoms with Gasteiger partial charge in [0.05, 0.1) is 0 Å². The van der Waals surface area contributed by atoms with Crippen LogP contribution in [0.4, 0.5) is 0 Å². The average molecular weight is 440 g/mol. The third-order valence-electron chi connectivity index (χ3n) is 7.39. The number of nitrogens with one attached hydrogen (secondary N) is 1. The Morgan fingerprint density at radius 1 is 1.06 bits per heavy atom. The predicted octanol–water partition coefficient (Wildman–Crippen LogP) is 6.17. The first-order valence-electron chi connectivity index (χ1n) is 12.3. The highest BCUT2D eigenvalue weighted by atomic mass is 16.4. The Hall–Kier alpha value is -2.83. The smallest absolute Gasteiger partial charge is 0.328 e. The minimum atomic E-state index is -0.939. The monoisotopic (exact) mass is 439 g/mol. The van der Waals surface area contributed by atoms with E-state index in [1.54, 1.807) is 11.6 Å². The molecule has 170 valence electrons. The number of carboxylic acid groups (broad SMARTS) is 1. The maximum Gasteiger partial charge on any atom is 0.328 e. The fraction of sp³-hybridized carbons (Fsp3) is 0.433. The molecule has 0 amide bonds. The van der Waals surface area contributed by atoms with Crippen molar-refractivity contribution in [3.05, 3.63) is 75.9 Å². The van der Waals surface area contributed by atoms with Crippen LogP contribution in [0.15, 0.2) is 42.5 Å². The fourth-order valence-corrected chi connectivity index (χ4v) is 5.04. The molecule has 0 aromatic heterocycles. The molecule has 5 rings (SSSR count). The molecule has 0 heterocycles. The molecule has 0 bridgehead atoms. The molecule has 3 aliphatic rings. The van der Waals surface area contributed by atoms with Crippen molar-refractivity contribution in [1.29, 1.82) is 0 Å². The van der Waals surface area contributed by atoms with Crippen LogP contribution < -0.4 is 5.32 Å². The van der Waals surface area contributed by atoms with E-state index in [-0.39, 0.29) is 5.41 Å². The van der Waals surface area contributed by atoms with Gasteiger partial charge in [0.25, 0.3) is 0 Å². The largest absolute Gasteiger partial charge is 0.478 e. The highest BCUT2D eigenvalue weighted by molar-refractivity contribution is 5.85. The predicted molar refractivity (Wildman–Crippen MR) is 133 cm³/mol. The summed E-state index contributed by atoms with van der Waals surface area (Å²) in [5.41, 5.74) is 7.69. The van der Waals surface area contributed by atoms with E-state index < -0.39 is 5.97 Å². The van der Waals surface area contributed by atoms with Crippen molar-refractivity contribution >= 4 is 12.0 Å². The van der Waals surface area contributed by atoms with Crippen molar-refractivity contribution < 1.29 is 9.90 Å². The molecular weight excluding hydrogens is 406 g/mol. The second kappa shape index (κ2) is 8.84. The summed E-state index contributed by atoms with van der Waals surface area (Å²) in [6, 6.07) is 12.9. The number of benzene rings is 2. The van der Waals surface area contributed by atoms with E-state index in [0.717, 1.165) is 35.2 Å². The lowest BCUT2D eigenvalue weighted by atomic mass is 9.68. The van der Waals surface area contributed by atoms with Crippen LogP contribution in [-0.4, -0.2) is 17.6 Å². The molecule has 0 aliphatic heterocycles. The molecular formula is C30H33NO2. The van der Waals surface area contributed by atoms with Crippen LogP contribution in [-0.2, 0) is 10.2 Å². The van der Waals surface area contributed by atoms with E-state index >= 15 is 0 Å². The standard InChI is InChI=1S/C30H33NO2/c1-30(2)16-15-27(31-19-22-8-9-22)29-25(24-12-13-24)17-23(18-26(29)30)10-7-20-3-5-21(6-4-20)11-14-28(32)33/h3-6,11,14,17-18,22,24,27,31H,8-9,12-13,15-16,19H2,1-2H3,(H,32,33). The summed E-state index contributed by atoms with van der Waals surface area (Å²) in [6.07, 6.45) is 10.5. The van der Waals surface area contributed by atoms with Gasteiger partial charge in [-0.15, -0.1) is 0 Å². The minimum Gasteiger partial charge on any atom is -0.478 e. The third kappa shape index (κ3) is 5.23. The molecule has 1 unspecified atom stereocenters. The number of hydrogen-bond acceptors (Lipinski definition) is 2. The molecule has 2 aromatic carbocycles. The molecule has 1 atom stereocenters. The lowest BCUT2D eigenvalue weighted by molar-refractivity contribution is -0.131. The van der Waals surface area contributed by atoms with Gasteiger partial charge in [-0.2, -0.15) is 0 Å². The molecule has 0 radical (unpaired) electrons. The van der Waals surface area contributed by atoms with Gasteiger partial charge in [0.2, 0.25) is 0 Å². The molecule has 33 heavy (non-hydrogen) atoms. The van der Waals surface area contributed by atoms with E-state index in [1.807, 2.05) is 24.3 Å². The maximum absolute atomic E-state index is 10.7. The Kier molecular flexibility index (Phi) is 5.89. The van der Waals surface area contributed by atoms with Crippen molar-refractivity contribution in [2.24, 2.45) is 5.92 Å². The minimum absolute atomic E-state index is 0.173. The Balaban J connectivity index is 1.45. The zero-order valence-electron chi connectivity index (χ0n) is 19.7. The Bertz CT molecular complexity index is 1140. The first kappa shape index (κ1) is 22.0. The van der Waals surface area contributed by atoms with Crippen LogP contribution in [0.1, 0.15) is 97.7 Å². The van der Waals surface area contributed by atoms with Crippen molar-refractivity contribution in [3.63, 3.8) is 0 Å². The van der Waals surface area contributed by atoms with Gasteiger partial charge in [-0.1, -0.05) is 37.8 Å². The van der Waals surface area contributed by atoms with E-state index in [2.05, 4.69) is 43.1 Å². The number of hydrogen-bond donors (Lipinski definition) is 2. The number of rotatable bonds is 6. The second-order valence-electron chi connectivity index (χ2n) is 10.7. The summed E-state index contributed by atoms with van der Waals surface area (Å²) in [5, 5.41) is 12.7. The molecule has 2 saturated carbocycles. The van der Waals surface area contributed by atoms with Gasteiger partial charge >= 0.3 is 5.97 Å². The van der Waals surface area contributed by atoms with Crippen molar-refractivity contribution in [3.8, 4) is 11.8 Å². The molecule has 2 N–H and O–H groups in total. The van der Waals surface area contributed by atoms with Crippen LogP contribution in [0.2, 0.25) is 0 Å². The summed E-state index contributed by atoms with van der Waals surface area (Å²) in [6.45, 7) is 5.94. The van der Waals surface area contributed by atoms with Crippen LogP contribution in [0.25, 0.3) is 6.08 Å². The van der Waals surface area contributed by atoms with E-state index in [0.29, 0.717) is 12.0 Å². The lowest BCUT2D eigenvalue weighted by Crippen LogP contribution is -2.34. The molecule has 3 heteroatoms. The van der Waals surface area contributed by atoms with Gasteiger partial charge in [0.15, 0.2) is 0 Å². The van der Waals surface area contributed by atoms with Crippen molar-refractivity contribution in [1.82, 2.24) is 5.32 Å². The molecule has 0 saturated heterocycles. The number of carboxylic acids is 1. The Morgan fingerprint density at radius 3 is 2.45 bits per heavy atom. The van der Waals surface area contributed by atoms with E-state index in [1.165, 1.54) is 49.7 Å². The van der Waals surface area contributed by atoms with Crippen LogP contribution in [0.5, 0.6) is 0 Å². The van der Waals surface area contributed by atoms with Crippen molar-refractivity contribution in [2.45, 2.75) is 69.7 Å². The maximum atomic E-state index is 10.7. The summed E-state index contributed by atoms with van der Waals surface area (Å²) in [7, 11) is 0. The lowest BCUT2D eigenvalue weighted by Gasteiger charge is -2.39.